The molecular formula is C65H126O17P2. The van der Waals surface area contributed by atoms with Crippen LogP contribution in [0.4, 0.5) is 0 Å². The molecule has 19 heteroatoms. The number of unbranched alkanes of at least 4 members (excludes halogenated alkanes) is 34. The van der Waals surface area contributed by atoms with Gasteiger partial charge in [-0.2, -0.15) is 0 Å². The molecule has 498 valence electrons. The molecule has 5 atom stereocenters. The summed E-state index contributed by atoms with van der Waals surface area (Å²) in [5.41, 5.74) is 0. The average Bonchev–Trinajstić information content (AvgIpc) is 3.59. The number of hydrogen-bond donors (Lipinski definition) is 3. The van der Waals surface area contributed by atoms with Crippen molar-refractivity contribution < 1.29 is 80.2 Å². The van der Waals surface area contributed by atoms with Crippen LogP contribution in [0.2, 0.25) is 0 Å². The fourth-order valence-corrected chi connectivity index (χ4v) is 11.3. The van der Waals surface area contributed by atoms with E-state index in [4.69, 9.17) is 37.0 Å². The van der Waals surface area contributed by atoms with Gasteiger partial charge in [-0.25, -0.2) is 9.13 Å². The van der Waals surface area contributed by atoms with Gasteiger partial charge in [0.25, 0.3) is 0 Å². The zero-order valence-electron chi connectivity index (χ0n) is 54.2. The molecule has 0 heterocycles. The predicted molar refractivity (Wildman–Crippen MR) is 335 cm³/mol. The monoisotopic (exact) mass is 1240 g/mol. The van der Waals surface area contributed by atoms with Gasteiger partial charge in [-0.05, 0) is 37.5 Å². The summed E-state index contributed by atoms with van der Waals surface area (Å²) in [6.45, 7) is 9.42. The first-order valence-electron chi connectivity index (χ1n) is 34.0. The van der Waals surface area contributed by atoms with Gasteiger partial charge in [-0.15, -0.1) is 0 Å². The highest BCUT2D eigenvalue weighted by atomic mass is 31.2. The first kappa shape index (κ1) is 82.1. The van der Waals surface area contributed by atoms with Crippen LogP contribution in [-0.4, -0.2) is 96.7 Å². The molecule has 2 unspecified atom stereocenters. The molecule has 0 bridgehead atoms. The lowest BCUT2D eigenvalue weighted by Crippen LogP contribution is -2.30. The molecule has 0 aliphatic heterocycles. The van der Waals surface area contributed by atoms with Crippen molar-refractivity contribution in [3.63, 3.8) is 0 Å². The molecule has 0 aliphatic carbocycles. The number of hydrogen-bond acceptors (Lipinski definition) is 15. The number of rotatable bonds is 64. The maximum Gasteiger partial charge on any atom is 0.472 e. The van der Waals surface area contributed by atoms with Gasteiger partial charge in [0.05, 0.1) is 26.4 Å². The first-order chi connectivity index (χ1) is 40.4. The van der Waals surface area contributed by atoms with Gasteiger partial charge < -0.3 is 33.8 Å². The average molecular weight is 1240 g/mol. The Labute approximate surface area is 511 Å². The molecule has 0 radical (unpaired) electrons. The molecule has 0 spiro atoms. The molecule has 17 nitrogen and oxygen atoms in total. The van der Waals surface area contributed by atoms with Crippen molar-refractivity contribution in [2.45, 2.75) is 342 Å². The van der Waals surface area contributed by atoms with Gasteiger partial charge in [0, 0.05) is 25.7 Å². The van der Waals surface area contributed by atoms with Crippen LogP contribution < -0.4 is 0 Å². The summed E-state index contributed by atoms with van der Waals surface area (Å²) in [5, 5.41) is 10.5. The van der Waals surface area contributed by atoms with Crippen molar-refractivity contribution in [1.82, 2.24) is 0 Å². The number of aliphatic hydroxyl groups is 1. The topological polar surface area (TPSA) is 237 Å². The highest BCUT2D eigenvalue weighted by Crippen LogP contribution is 2.45. The van der Waals surface area contributed by atoms with Crippen LogP contribution in [0.25, 0.3) is 0 Å². The molecule has 0 saturated heterocycles. The Morgan fingerprint density at radius 1 is 0.321 bits per heavy atom. The maximum absolute atomic E-state index is 13.0. The predicted octanol–water partition coefficient (Wildman–Crippen LogP) is 18.0. The minimum absolute atomic E-state index is 0.103. The number of ether oxygens (including phenoxy) is 4. The first-order valence-corrected chi connectivity index (χ1v) is 37.0. The van der Waals surface area contributed by atoms with Gasteiger partial charge in [0.15, 0.2) is 12.2 Å². The fraction of sp³-hybridized carbons (Fsp3) is 0.938. The lowest BCUT2D eigenvalue weighted by atomic mass is 10.0. The summed E-state index contributed by atoms with van der Waals surface area (Å²) in [6, 6.07) is 0. The van der Waals surface area contributed by atoms with Crippen molar-refractivity contribution in [2.75, 3.05) is 39.6 Å². The van der Waals surface area contributed by atoms with Crippen molar-refractivity contribution in [1.29, 1.82) is 0 Å². The summed E-state index contributed by atoms with van der Waals surface area (Å²) >= 11 is 0. The zero-order chi connectivity index (χ0) is 62.2. The standard InChI is InChI=1S/C65H126O17P2/c1-7-9-11-13-15-17-18-19-24-30-36-42-48-63(68)76-53-60(81-64(69)49-43-37-31-25-21-20-23-27-33-39-45-57(3)4)55-79-83(71,72)77-51-59(66)52-78-84(73,74)80-56-61(54-75-62(67)47-41-35-29-22-16-14-12-10-8-2)82-65(70)50-44-38-32-26-28-34-40-46-58(5)6/h57-61,66H,7-56H2,1-6H3,(H,71,72)(H,73,74)/t59-,60-,61-/m1/s1. The Kier molecular flexibility index (Phi) is 56.2. The van der Waals surface area contributed by atoms with Crippen molar-refractivity contribution in [3.05, 3.63) is 0 Å². The molecule has 0 saturated carbocycles. The van der Waals surface area contributed by atoms with Gasteiger partial charge >= 0.3 is 39.5 Å². The number of esters is 4. The van der Waals surface area contributed by atoms with Gasteiger partial charge in [0.2, 0.25) is 0 Å². The summed E-state index contributed by atoms with van der Waals surface area (Å²) < 4.78 is 68.0. The second kappa shape index (κ2) is 57.5. The van der Waals surface area contributed by atoms with E-state index in [2.05, 4.69) is 41.5 Å². The molecule has 84 heavy (non-hydrogen) atoms. The van der Waals surface area contributed by atoms with E-state index in [0.29, 0.717) is 31.6 Å². The number of phosphoric acid groups is 2. The van der Waals surface area contributed by atoms with Crippen LogP contribution in [0.1, 0.15) is 324 Å². The number of phosphoric ester groups is 2. The number of carbonyl (C=O) groups excluding carboxylic acids is 4. The highest BCUT2D eigenvalue weighted by molar-refractivity contribution is 7.47. The van der Waals surface area contributed by atoms with Crippen LogP contribution in [0.3, 0.4) is 0 Å². The Hall–Kier alpha value is -1.94. The van der Waals surface area contributed by atoms with Gasteiger partial charge in [-0.1, -0.05) is 273 Å². The zero-order valence-corrected chi connectivity index (χ0v) is 56.0. The van der Waals surface area contributed by atoms with E-state index >= 15 is 0 Å². The van der Waals surface area contributed by atoms with Gasteiger partial charge in [-0.3, -0.25) is 37.3 Å². The third-order valence-corrected chi connectivity index (χ3v) is 16.9. The van der Waals surface area contributed by atoms with E-state index in [1.807, 2.05) is 0 Å². The van der Waals surface area contributed by atoms with Crippen LogP contribution in [0.5, 0.6) is 0 Å². The SMILES string of the molecule is CCCCCCCCCCCCCCC(=O)OC[C@H](COP(=O)(O)OC[C@@H](O)COP(=O)(O)OC[C@@H](COC(=O)CCCCCCCCCCC)OC(=O)CCCCCCCCCC(C)C)OC(=O)CCCCCCCCCCCCC(C)C. The van der Waals surface area contributed by atoms with Crippen molar-refractivity contribution in [3.8, 4) is 0 Å². The molecule has 0 rings (SSSR count). The van der Waals surface area contributed by atoms with Crippen LogP contribution in [-0.2, 0) is 65.4 Å². The molecule has 0 amide bonds. The summed E-state index contributed by atoms with van der Waals surface area (Å²) in [7, 11) is -9.89. The van der Waals surface area contributed by atoms with E-state index < -0.39 is 97.5 Å². The Balaban J connectivity index is 5.24. The Morgan fingerprint density at radius 2 is 0.548 bits per heavy atom. The molecular weight excluding hydrogens is 1110 g/mol. The lowest BCUT2D eigenvalue weighted by molar-refractivity contribution is -0.161. The van der Waals surface area contributed by atoms with Gasteiger partial charge in [0.1, 0.15) is 19.3 Å². The van der Waals surface area contributed by atoms with E-state index in [9.17, 15) is 43.2 Å². The molecule has 0 aromatic rings. The number of aliphatic hydroxyl groups excluding tert-OH is 1. The van der Waals surface area contributed by atoms with Crippen molar-refractivity contribution >= 4 is 39.5 Å². The Bertz CT molecular complexity index is 1650. The smallest absolute Gasteiger partial charge is 0.462 e. The highest BCUT2D eigenvalue weighted by Gasteiger charge is 2.30. The summed E-state index contributed by atoms with van der Waals surface area (Å²) in [4.78, 5) is 72.2. The summed E-state index contributed by atoms with van der Waals surface area (Å²) in [5.74, 6) is -0.686. The molecule has 0 aliphatic rings. The third-order valence-electron chi connectivity index (χ3n) is 15.0. The molecule has 0 aromatic carbocycles. The summed E-state index contributed by atoms with van der Waals surface area (Å²) in [6.07, 6.45) is 40.3. The van der Waals surface area contributed by atoms with Crippen molar-refractivity contribution in [2.24, 2.45) is 11.8 Å². The molecule has 0 fully saturated rings. The van der Waals surface area contributed by atoms with E-state index in [0.717, 1.165) is 95.8 Å². The second-order valence-electron chi connectivity index (χ2n) is 24.5. The largest absolute Gasteiger partial charge is 0.472 e. The van der Waals surface area contributed by atoms with Crippen LogP contribution in [0, 0.1) is 11.8 Å². The van der Waals surface area contributed by atoms with Crippen LogP contribution >= 0.6 is 15.6 Å². The van der Waals surface area contributed by atoms with Crippen LogP contribution in [0.15, 0.2) is 0 Å². The quantitative estimate of drug-likeness (QED) is 0.0222. The minimum atomic E-state index is -4.95. The molecule has 3 N–H and O–H groups in total. The maximum atomic E-state index is 13.0. The van der Waals surface area contributed by atoms with E-state index in [1.54, 1.807) is 0 Å². The minimum Gasteiger partial charge on any atom is -0.462 e. The van der Waals surface area contributed by atoms with E-state index in [-0.39, 0.29) is 25.7 Å². The molecule has 0 aromatic heterocycles. The normalized spacial score (nSPS) is 14.3. The lowest BCUT2D eigenvalue weighted by Gasteiger charge is -2.21. The third kappa shape index (κ3) is 59.0. The number of carbonyl (C=O) groups is 4. The van der Waals surface area contributed by atoms with E-state index in [1.165, 1.54) is 141 Å². The second-order valence-corrected chi connectivity index (χ2v) is 27.4. The Morgan fingerprint density at radius 3 is 0.810 bits per heavy atom. The fourth-order valence-electron chi connectivity index (χ4n) is 9.71.